The molecule has 0 amide bonds. The minimum absolute atomic E-state index is 0. The van der Waals surface area contributed by atoms with Crippen LogP contribution in [0.3, 0.4) is 0 Å². The zero-order chi connectivity index (χ0) is 37.0. The van der Waals surface area contributed by atoms with E-state index in [1.807, 2.05) is 30.3 Å². The minimum Gasteiger partial charge on any atom is -0.252 e. The van der Waals surface area contributed by atoms with E-state index in [1.54, 1.807) is 0 Å². The van der Waals surface area contributed by atoms with Crippen LogP contribution in [0.5, 0.6) is 0 Å². The van der Waals surface area contributed by atoms with E-state index in [1.165, 1.54) is 63.9 Å². The van der Waals surface area contributed by atoms with Crippen LogP contribution in [-0.4, -0.2) is 0 Å². The van der Waals surface area contributed by atoms with Gasteiger partial charge in [-0.25, -0.2) is 5.57 Å². The van der Waals surface area contributed by atoms with Crippen molar-refractivity contribution >= 4 is 53.2 Å². The van der Waals surface area contributed by atoms with Crippen molar-refractivity contribution in [3.05, 3.63) is 224 Å². The van der Waals surface area contributed by atoms with Gasteiger partial charge in [0.1, 0.15) is 0 Å². The maximum atomic E-state index is 8.50. The number of hydrogen-bond acceptors (Lipinski definition) is 1. The van der Waals surface area contributed by atoms with Gasteiger partial charge in [0.2, 0.25) is 0 Å². The molecule has 4 heteroatoms. The fraction of sp³-hybridized carbons (Fsp3) is 0.118. The molecule has 55 heavy (non-hydrogen) atoms. The largest absolute Gasteiger partial charge is 1.00 e. The van der Waals surface area contributed by atoms with Gasteiger partial charge < -0.3 is 0 Å². The van der Waals surface area contributed by atoms with Crippen molar-refractivity contribution in [2.75, 3.05) is 0 Å². The van der Waals surface area contributed by atoms with Crippen LogP contribution in [0.15, 0.2) is 212 Å². The van der Waals surface area contributed by atoms with E-state index in [4.69, 9.17) is 5.26 Å². The molecule has 0 spiro atoms. The third kappa shape index (κ3) is 12.9. The standard InChI is InChI=1S/2C18H15P.C10H6N.C5H10.Ru/c2*1-4-10-16(11-5-1)19(17-12-6-2-7-13-17)18-14-8-3-9-15-18;11-7-9-6-10(9)8-4-2-1-3-5-8;1-2-4-5-3-1;/h2*1-15H;1-5,9H;1-5H2;/q;;-1;;+1. The van der Waals surface area contributed by atoms with E-state index in [2.05, 4.69) is 194 Å². The van der Waals surface area contributed by atoms with Gasteiger partial charge in [-0.05, 0) is 53.6 Å². The third-order valence-electron chi connectivity index (χ3n) is 9.06. The fourth-order valence-corrected chi connectivity index (χ4v) is 10.9. The zero-order valence-corrected chi connectivity index (χ0v) is 34.5. The van der Waals surface area contributed by atoms with Crippen LogP contribution in [0, 0.1) is 23.3 Å². The molecule has 0 N–H and O–H groups in total. The Morgan fingerprint density at radius 2 is 0.582 bits per heavy atom. The van der Waals surface area contributed by atoms with Crippen molar-refractivity contribution < 1.29 is 19.5 Å². The fourth-order valence-electron chi connectivity index (χ4n) is 6.32. The molecule has 1 atom stereocenters. The van der Waals surface area contributed by atoms with E-state index in [9.17, 15) is 0 Å². The van der Waals surface area contributed by atoms with E-state index in [-0.39, 0.29) is 25.4 Å². The first-order valence-corrected chi connectivity index (χ1v) is 21.5. The number of nitriles is 1. The number of rotatable bonds is 7. The number of nitrogens with zero attached hydrogens (tertiary/aromatic N) is 1. The van der Waals surface area contributed by atoms with Crippen LogP contribution < -0.4 is 31.8 Å². The van der Waals surface area contributed by atoms with E-state index < -0.39 is 15.8 Å². The van der Waals surface area contributed by atoms with Crippen molar-refractivity contribution in [2.45, 2.75) is 32.1 Å². The van der Waals surface area contributed by atoms with E-state index in [0.717, 1.165) is 11.1 Å². The topological polar surface area (TPSA) is 23.8 Å². The molecule has 1 saturated carbocycles. The molecule has 0 heterocycles. The first-order valence-electron chi connectivity index (χ1n) is 18.8. The molecule has 1 fully saturated rings. The van der Waals surface area contributed by atoms with Gasteiger partial charge in [-0.2, -0.15) is 10.8 Å². The zero-order valence-electron chi connectivity index (χ0n) is 31.0. The summed E-state index contributed by atoms with van der Waals surface area (Å²) in [6.45, 7) is 0. The summed E-state index contributed by atoms with van der Waals surface area (Å²) in [5.41, 5.74) is 2.17. The molecule has 7 aromatic carbocycles. The molecule has 0 bridgehead atoms. The average molecular weight is 836 g/mol. The molecule has 1 radical (unpaired) electrons. The van der Waals surface area contributed by atoms with Gasteiger partial charge in [-0.3, -0.25) is 6.08 Å². The van der Waals surface area contributed by atoms with Crippen LogP contribution in [0.25, 0.3) is 5.57 Å². The molecule has 7 aromatic rings. The molecule has 9 rings (SSSR count). The van der Waals surface area contributed by atoms with Crippen molar-refractivity contribution in [1.82, 2.24) is 0 Å². The predicted octanol–water partition coefficient (Wildman–Crippen LogP) is 10.9. The van der Waals surface area contributed by atoms with Crippen molar-refractivity contribution in [3.63, 3.8) is 0 Å². The second-order valence-corrected chi connectivity index (χ2v) is 17.4. The average Bonchev–Trinajstić information content (AvgIpc) is 3.80. The summed E-state index contributed by atoms with van der Waals surface area (Å²) in [5.74, 6) is -0.0441. The van der Waals surface area contributed by atoms with Crippen LogP contribution in [-0.2, 0) is 19.5 Å². The van der Waals surface area contributed by atoms with Gasteiger partial charge in [-0.15, -0.1) is 12.1 Å². The smallest absolute Gasteiger partial charge is 0.252 e. The van der Waals surface area contributed by atoms with Crippen molar-refractivity contribution in [1.29, 1.82) is 5.26 Å². The third-order valence-corrected chi connectivity index (χ3v) is 13.9. The Morgan fingerprint density at radius 3 is 0.782 bits per heavy atom. The maximum absolute atomic E-state index is 8.50. The second-order valence-electron chi connectivity index (χ2n) is 12.9. The van der Waals surface area contributed by atoms with Crippen molar-refractivity contribution in [3.8, 4) is 6.07 Å². The Labute approximate surface area is 344 Å². The summed E-state index contributed by atoms with van der Waals surface area (Å²) in [6, 6.07) is 76.7. The summed E-state index contributed by atoms with van der Waals surface area (Å²) < 4.78 is 0. The van der Waals surface area contributed by atoms with E-state index in [0.29, 0.717) is 0 Å². The summed E-state index contributed by atoms with van der Waals surface area (Å²) in [7, 11) is -0.892. The van der Waals surface area contributed by atoms with Crippen LogP contribution >= 0.6 is 15.8 Å². The maximum Gasteiger partial charge on any atom is 1.00 e. The summed E-state index contributed by atoms with van der Waals surface area (Å²) in [5, 5.41) is 16.9. The quantitative estimate of drug-likeness (QED) is 0.0891. The Kier molecular flexibility index (Phi) is 17.5. The molecular formula is C51H46NP2Ru. The van der Waals surface area contributed by atoms with Gasteiger partial charge >= 0.3 is 19.5 Å². The van der Waals surface area contributed by atoms with Crippen LogP contribution in [0.4, 0.5) is 0 Å². The first kappa shape index (κ1) is 41.4. The van der Waals surface area contributed by atoms with Crippen LogP contribution in [0.1, 0.15) is 37.7 Å². The van der Waals surface area contributed by atoms with Gasteiger partial charge in [0.25, 0.3) is 0 Å². The first-order chi connectivity index (χ1) is 26.8. The molecule has 2 aliphatic carbocycles. The monoisotopic (exact) mass is 836 g/mol. The minimum atomic E-state index is -0.446. The van der Waals surface area contributed by atoms with Gasteiger partial charge in [0.15, 0.2) is 0 Å². The molecule has 0 aliphatic heterocycles. The normalized spacial score (nSPS) is 13.5. The molecule has 1 nitrogen and oxygen atoms in total. The molecular weight excluding hydrogens is 790 g/mol. The number of hydrogen-bond donors (Lipinski definition) is 0. The van der Waals surface area contributed by atoms with Gasteiger partial charge in [0.05, 0.1) is 6.07 Å². The summed E-state index contributed by atoms with van der Waals surface area (Å²) in [4.78, 5) is 0. The molecule has 1 unspecified atom stereocenters. The van der Waals surface area contributed by atoms with Crippen molar-refractivity contribution in [2.24, 2.45) is 5.92 Å². The van der Waals surface area contributed by atoms with Gasteiger partial charge in [0, 0.05) is 0 Å². The molecule has 2 aliphatic rings. The predicted molar refractivity (Wildman–Crippen MR) is 236 cm³/mol. The Bertz CT molecular complexity index is 1820. The Morgan fingerprint density at radius 1 is 0.364 bits per heavy atom. The Balaban J connectivity index is 0.000000151. The Hall–Kier alpha value is -4.75. The SMILES string of the molecule is C1CCCC1.N#CC1[C-]=C1c1ccccc1.[Ru+].c1ccc(P(c2ccccc2)c2ccccc2)cc1.c1ccc(P(c2ccccc2)c2ccccc2)cc1. The van der Waals surface area contributed by atoms with Gasteiger partial charge in [-0.1, -0.05) is 232 Å². The summed E-state index contributed by atoms with van der Waals surface area (Å²) in [6.07, 6.45) is 10.5. The summed E-state index contributed by atoms with van der Waals surface area (Å²) >= 11 is 0. The molecule has 0 saturated heterocycles. The molecule has 273 valence electrons. The molecule has 0 aromatic heterocycles. The van der Waals surface area contributed by atoms with Crippen LogP contribution in [0.2, 0.25) is 0 Å². The second kappa shape index (κ2) is 23.2. The van der Waals surface area contributed by atoms with E-state index >= 15 is 0 Å². The number of allylic oxidation sites excluding steroid dienone is 2. The number of benzene rings is 7.